The number of hydrogen-bond acceptors (Lipinski definition) is 3. The Balaban J connectivity index is 1.33. The van der Waals surface area contributed by atoms with Gasteiger partial charge >= 0.3 is 0 Å². The first-order valence-corrected chi connectivity index (χ1v) is 12.0. The topological polar surface area (TPSA) is 57.7 Å². The zero-order chi connectivity index (χ0) is 21.9. The van der Waals surface area contributed by atoms with E-state index in [0.29, 0.717) is 17.6 Å². The molecule has 0 aromatic heterocycles. The average molecular weight is 423 g/mol. The van der Waals surface area contributed by atoms with Crippen molar-refractivity contribution in [2.75, 3.05) is 11.4 Å². The molecule has 1 atom stereocenters. The Labute approximate surface area is 185 Å². The molecule has 4 bridgehead atoms. The molecule has 0 radical (unpaired) electrons. The van der Waals surface area contributed by atoms with Gasteiger partial charge < -0.3 is 4.90 Å². The lowest BCUT2D eigenvalue weighted by Crippen LogP contribution is -2.50. The Bertz CT molecular complexity index is 901. The minimum absolute atomic E-state index is 0.0899. The van der Waals surface area contributed by atoms with Gasteiger partial charge in [0.25, 0.3) is 5.91 Å². The average Bonchev–Trinajstić information content (AvgIpc) is 2.95. The first-order valence-electron chi connectivity index (χ1n) is 12.0. The van der Waals surface area contributed by atoms with Crippen LogP contribution in [-0.2, 0) is 14.4 Å². The highest BCUT2D eigenvalue weighted by molar-refractivity contribution is 6.23. The van der Waals surface area contributed by atoms with Crippen LogP contribution in [0.1, 0.15) is 69.4 Å². The van der Waals surface area contributed by atoms with Crippen molar-refractivity contribution in [2.24, 2.45) is 23.2 Å². The van der Waals surface area contributed by atoms with E-state index < -0.39 is 6.04 Å². The third-order valence-electron chi connectivity index (χ3n) is 8.54. The molecule has 4 aliphatic carbocycles. The molecule has 3 amide bonds. The Morgan fingerprint density at radius 3 is 2.23 bits per heavy atom. The maximum Gasteiger partial charge on any atom is 0.257 e. The van der Waals surface area contributed by atoms with Crippen molar-refractivity contribution < 1.29 is 14.4 Å². The normalized spacial score (nSPS) is 34.0. The molecule has 1 heterocycles. The van der Waals surface area contributed by atoms with Crippen molar-refractivity contribution in [3.8, 4) is 0 Å². The maximum atomic E-state index is 13.3. The molecule has 1 aromatic rings. The second kappa shape index (κ2) is 7.46. The van der Waals surface area contributed by atoms with Crippen LogP contribution in [0.15, 0.2) is 18.2 Å². The Hall–Kier alpha value is -2.17. The molecule has 166 valence electrons. The zero-order valence-electron chi connectivity index (χ0n) is 19.0. The van der Waals surface area contributed by atoms with Crippen molar-refractivity contribution in [3.63, 3.8) is 0 Å². The fourth-order valence-corrected chi connectivity index (χ4v) is 7.66. The zero-order valence-corrected chi connectivity index (χ0v) is 19.0. The molecule has 0 unspecified atom stereocenters. The summed E-state index contributed by atoms with van der Waals surface area (Å²) in [6.45, 7) is 6.05. The van der Waals surface area contributed by atoms with Crippen molar-refractivity contribution in [1.82, 2.24) is 4.90 Å². The molecule has 5 aliphatic rings. The Morgan fingerprint density at radius 2 is 1.68 bits per heavy atom. The largest absolute Gasteiger partial charge is 0.330 e. The third-order valence-corrected chi connectivity index (χ3v) is 8.54. The van der Waals surface area contributed by atoms with E-state index in [9.17, 15) is 14.4 Å². The number of anilines is 1. The lowest BCUT2D eigenvalue weighted by molar-refractivity contribution is -0.138. The van der Waals surface area contributed by atoms with Crippen LogP contribution in [0, 0.1) is 37.0 Å². The van der Waals surface area contributed by atoms with Crippen LogP contribution in [0.3, 0.4) is 0 Å². The van der Waals surface area contributed by atoms with Gasteiger partial charge in [0.2, 0.25) is 11.8 Å². The van der Waals surface area contributed by atoms with Gasteiger partial charge in [0.15, 0.2) is 0 Å². The van der Waals surface area contributed by atoms with Gasteiger partial charge in [0, 0.05) is 13.5 Å². The smallest absolute Gasteiger partial charge is 0.257 e. The molecule has 5 heteroatoms. The molecule has 1 saturated heterocycles. The molecule has 5 fully saturated rings. The summed E-state index contributed by atoms with van der Waals surface area (Å²) in [7, 11) is 0. The molecule has 5 nitrogen and oxygen atoms in total. The monoisotopic (exact) mass is 422 g/mol. The summed E-state index contributed by atoms with van der Waals surface area (Å²) in [6, 6.07) is 5.08. The lowest BCUT2D eigenvalue weighted by Gasteiger charge is -2.57. The molecule has 1 aromatic carbocycles. The summed E-state index contributed by atoms with van der Waals surface area (Å²) < 4.78 is 0. The number of carbonyl (C=O) groups excluding carboxylic acids is 3. The third kappa shape index (κ3) is 3.60. The van der Waals surface area contributed by atoms with Crippen molar-refractivity contribution >= 4 is 23.4 Å². The Kier molecular flexibility index (Phi) is 4.98. The van der Waals surface area contributed by atoms with E-state index in [0.717, 1.165) is 35.3 Å². The van der Waals surface area contributed by atoms with E-state index >= 15 is 0 Å². The van der Waals surface area contributed by atoms with Gasteiger partial charge in [-0.1, -0.05) is 17.7 Å². The molecule has 4 saturated carbocycles. The number of aryl methyl sites for hydroxylation is 2. The van der Waals surface area contributed by atoms with Gasteiger partial charge in [-0.2, -0.15) is 0 Å². The van der Waals surface area contributed by atoms with E-state index in [4.69, 9.17) is 0 Å². The van der Waals surface area contributed by atoms with Gasteiger partial charge in [0.1, 0.15) is 6.04 Å². The van der Waals surface area contributed by atoms with E-state index in [1.807, 2.05) is 32.0 Å². The maximum absolute atomic E-state index is 13.3. The van der Waals surface area contributed by atoms with Crippen LogP contribution < -0.4 is 4.90 Å². The molecule has 31 heavy (non-hydrogen) atoms. The summed E-state index contributed by atoms with van der Waals surface area (Å²) in [6.07, 6.45) is 9.12. The van der Waals surface area contributed by atoms with Crippen LogP contribution in [0.4, 0.5) is 5.69 Å². The number of hydrogen-bond donors (Lipinski definition) is 0. The number of imide groups is 1. The van der Waals surface area contributed by atoms with Gasteiger partial charge in [0.05, 0.1) is 12.1 Å². The molecular weight excluding hydrogens is 388 g/mol. The first-order chi connectivity index (χ1) is 14.7. The molecule has 0 spiro atoms. The molecule has 6 rings (SSSR count). The number of amides is 3. The van der Waals surface area contributed by atoms with Gasteiger partial charge in [-0.3, -0.25) is 14.4 Å². The minimum atomic E-state index is -0.667. The summed E-state index contributed by atoms with van der Waals surface area (Å²) in [5, 5.41) is 0. The summed E-state index contributed by atoms with van der Waals surface area (Å²) in [5.41, 5.74) is 3.00. The van der Waals surface area contributed by atoms with Crippen LogP contribution in [0.5, 0.6) is 0 Å². The number of nitrogens with zero attached hydrogens (tertiary/aromatic N) is 2. The van der Waals surface area contributed by atoms with Crippen molar-refractivity contribution in [1.29, 1.82) is 0 Å². The SMILES string of the molecule is CC(=O)N(CCC12CC3CC(CC(C3)C1)C2)[C@H]1CC(=O)N(c2ccc(C)cc2C)C1=O. The highest BCUT2D eigenvalue weighted by Gasteiger charge is 2.51. The second-order valence-electron chi connectivity index (χ2n) is 11.0. The number of benzene rings is 1. The van der Waals surface area contributed by atoms with Crippen molar-refractivity contribution in [2.45, 2.75) is 78.2 Å². The van der Waals surface area contributed by atoms with Crippen LogP contribution >= 0.6 is 0 Å². The predicted molar refractivity (Wildman–Crippen MR) is 119 cm³/mol. The fourth-order valence-electron chi connectivity index (χ4n) is 7.66. The van der Waals surface area contributed by atoms with E-state index in [1.165, 1.54) is 50.3 Å². The fraction of sp³-hybridized carbons (Fsp3) is 0.654. The van der Waals surface area contributed by atoms with Crippen LogP contribution in [-0.4, -0.2) is 35.2 Å². The van der Waals surface area contributed by atoms with Gasteiger partial charge in [-0.05, 0) is 93.6 Å². The highest BCUT2D eigenvalue weighted by Crippen LogP contribution is 2.61. The highest BCUT2D eigenvalue weighted by atomic mass is 16.2. The Morgan fingerprint density at radius 1 is 1.06 bits per heavy atom. The summed E-state index contributed by atoms with van der Waals surface area (Å²) in [4.78, 5) is 41.8. The van der Waals surface area contributed by atoms with Crippen LogP contribution in [0.2, 0.25) is 0 Å². The van der Waals surface area contributed by atoms with Crippen LogP contribution in [0.25, 0.3) is 0 Å². The van der Waals surface area contributed by atoms with Crippen molar-refractivity contribution in [3.05, 3.63) is 29.3 Å². The van der Waals surface area contributed by atoms with E-state index in [-0.39, 0.29) is 24.1 Å². The predicted octanol–water partition coefficient (Wildman–Crippen LogP) is 4.39. The van der Waals surface area contributed by atoms with E-state index in [1.54, 1.807) is 4.90 Å². The lowest BCUT2D eigenvalue weighted by atomic mass is 9.49. The van der Waals surface area contributed by atoms with Gasteiger partial charge in [-0.15, -0.1) is 0 Å². The number of carbonyl (C=O) groups is 3. The second-order valence-corrected chi connectivity index (χ2v) is 11.0. The standard InChI is InChI=1S/C26H34N2O3/c1-16-4-5-22(17(2)8-16)28-24(30)12-23(25(28)31)27(18(3)29)7-6-26-13-19-9-20(14-26)11-21(10-19)15-26/h4-5,8,19-21,23H,6-7,9-15H2,1-3H3/t19?,20?,21?,23-,26?/m0/s1. The summed E-state index contributed by atoms with van der Waals surface area (Å²) >= 11 is 0. The van der Waals surface area contributed by atoms with Gasteiger partial charge in [-0.25, -0.2) is 4.90 Å². The quantitative estimate of drug-likeness (QED) is 0.661. The minimum Gasteiger partial charge on any atom is -0.330 e. The summed E-state index contributed by atoms with van der Waals surface area (Å²) in [5.74, 6) is 2.05. The molecule has 0 N–H and O–H groups in total. The first kappa shape index (κ1) is 20.7. The molecular formula is C26H34N2O3. The van der Waals surface area contributed by atoms with E-state index in [2.05, 4.69) is 0 Å². The molecule has 1 aliphatic heterocycles. The number of rotatable bonds is 5.